The summed E-state index contributed by atoms with van der Waals surface area (Å²) in [6, 6.07) is -0.0782. The molecule has 0 bridgehead atoms. The third-order valence-electron chi connectivity index (χ3n) is 3.79. The minimum atomic E-state index is -3.19. The van der Waals surface area contributed by atoms with Crippen LogP contribution in [0.3, 0.4) is 0 Å². The molecule has 0 unspecified atom stereocenters. The van der Waals surface area contributed by atoms with Gasteiger partial charge in [0.05, 0.1) is 6.26 Å². The largest absolute Gasteiger partial charge is 0.335 e. The topological polar surface area (TPSA) is 83.5 Å². The summed E-state index contributed by atoms with van der Waals surface area (Å²) in [5.74, 6) is 0.0851. The molecule has 7 nitrogen and oxygen atoms in total. The lowest BCUT2D eigenvalue weighted by Crippen LogP contribution is -2.40. The summed E-state index contributed by atoms with van der Waals surface area (Å²) in [6.07, 6.45) is 2.04. The average Bonchev–Trinajstić information content (AvgIpc) is 3.02. The van der Waals surface area contributed by atoms with E-state index in [1.807, 2.05) is 0 Å². The van der Waals surface area contributed by atoms with Gasteiger partial charge in [-0.15, -0.1) is 5.10 Å². The summed E-state index contributed by atoms with van der Waals surface area (Å²) in [5.41, 5.74) is 0.343. The van der Waals surface area contributed by atoms with Crippen LogP contribution < -0.4 is 0 Å². The maximum atomic E-state index is 12.2. The molecule has 2 saturated heterocycles. The second-order valence-electron chi connectivity index (χ2n) is 4.99. The van der Waals surface area contributed by atoms with E-state index in [4.69, 9.17) is 0 Å². The Hall–Kier alpha value is -1.06. The molecule has 1 amide bonds. The van der Waals surface area contributed by atoms with Gasteiger partial charge in [-0.05, 0) is 23.9 Å². The SMILES string of the molecule is CS(=O)(=O)N1CC[C@@H]2CN(C(=O)c3csnn3)C[C@@H]21. The number of carbonyl (C=O) groups is 1. The summed E-state index contributed by atoms with van der Waals surface area (Å²) in [6.45, 7) is 1.62. The Balaban J connectivity index is 1.76. The normalized spacial score (nSPS) is 27.7. The van der Waals surface area contributed by atoms with Gasteiger partial charge in [-0.2, -0.15) is 4.31 Å². The summed E-state index contributed by atoms with van der Waals surface area (Å²) in [5, 5.41) is 5.38. The van der Waals surface area contributed by atoms with E-state index in [2.05, 4.69) is 9.59 Å². The van der Waals surface area contributed by atoms with Crippen LogP contribution in [0.4, 0.5) is 0 Å². The number of aromatic nitrogens is 2. The van der Waals surface area contributed by atoms with E-state index < -0.39 is 10.0 Å². The van der Waals surface area contributed by atoms with Crippen LogP contribution in [0.25, 0.3) is 0 Å². The molecule has 2 fully saturated rings. The fourth-order valence-electron chi connectivity index (χ4n) is 2.92. The molecule has 0 aliphatic carbocycles. The second kappa shape index (κ2) is 4.50. The highest BCUT2D eigenvalue weighted by atomic mass is 32.2. The van der Waals surface area contributed by atoms with Crippen molar-refractivity contribution in [3.8, 4) is 0 Å². The van der Waals surface area contributed by atoms with Crippen LogP contribution in [0.15, 0.2) is 5.38 Å². The molecule has 0 aromatic carbocycles. The van der Waals surface area contributed by atoms with Crippen molar-refractivity contribution >= 4 is 27.5 Å². The van der Waals surface area contributed by atoms with Crippen molar-refractivity contribution in [2.45, 2.75) is 12.5 Å². The molecule has 2 aliphatic rings. The molecule has 104 valence electrons. The number of nitrogens with zero attached hydrogens (tertiary/aromatic N) is 4. The lowest BCUT2D eigenvalue weighted by molar-refractivity contribution is 0.0772. The summed E-state index contributed by atoms with van der Waals surface area (Å²) in [7, 11) is -3.19. The number of hydrogen-bond donors (Lipinski definition) is 0. The van der Waals surface area contributed by atoms with E-state index in [1.54, 1.807) is 10.3 Å². The van der Waals surface area contributed by atoms with Gasteiger partial charge >= 0.3 is 0 Å². The van der Waals surface area contributed by atoms with Crippen LogP contribution in [0.2, 0.25) is 0 Å². The average molecular weight is 302 g/mol. The van der Waals surface area contributed by atoms with Crippen molar-refractivity contribution in [1.29, 1.82) is 0 Å². The minimum Gasteiger partial charge on any atom is -0.335 e. The van der Waals surface area contributed by atoms with Gasteiger partial charge < -0.3 is 4.90 Å². The van der Waals surface area contributed by atoms with Gasteiger partial charge in [0.25, 0.3) is 5.91 Å². The van der Waals surface area contributed by atoms with Crippen LogP contribution >= 0.6 is 11.5 Å². The van der Waals surface area contributed by atoms with E-state index in [0.29, 0.717) is 25.3 Å². The molecule has 1 aromatic heterocycles. The Bertz CT molecular complexity index is 586. The quantitative estimate of drug-likeness (QED) is 0.745. The first-order valence-corrected chi connectivity index (χ1v) is 8.68. The van der Waals surface area contributed by atoms with Crippen LogP contribution in [0.5, 0.6) is 0 Å². The zero-order chi connectivity index (χ0) is 13.6. The zero-order valence-electron chi connectivity index (χ0n) is 10.4. The first-order chi connectivity index (χ1) is 8.97. The van der Waals surface area contributed by atoms with Crippen molar-refractivity contribution in [3.63, 3.8) is 0 Å². The number of sulfonamides is 1. The maximum absolute atomic E-state index is 12.2. The van der Waals surface area contributed by atoms with Gasteiger partial charge in [0.15, 0.2) is 5.69 Å². The van der Waals surface area contributed by atoms with Crippen molar-refractivity contribution in [3.05, 3.63) is 11.1 Å². The molecule has 3 rings (SSSR count). The number of amides is 1. The number of carbonyl (C=O) groups excluding carboxylic acids is 1. The molecule has 3 heterocycles. The van der Waals surface area contributed by atoms with E-state index in [9.17, 15) is 13.2 Å². The highest BCUT2D eigenvalue weighted by Crippen LogP contribution is 2.33. The second-order valence-corrected chi connectivity index (χ2v) is 7.53. The van der Waals surface area contributed by atoms with E-state index >= 15 is 0 Å². The number of fused-ring (bicyclic) bond motifs is 1. The zero-order valence-corrected chi connectivity index (χ0v) is 12.0. The van der Waals surface area contributed by atoms with Gasteiger partial charge in [0.2, 0.25) is 10.0 Å². The van der Waals surface area contributed by atoms with E-state index in [1.165, 1.54) is 10.6 Å². The smallest absolute Gasteiger partial charge is 0.275 e. The first kappa shape index (κ1) is 12.9. The maximum Gasteiger partial charge on any atom is 0.275 e. The number of hydrogen-bond acceptors (Lipinski definition) is 6. The molecule has 19 heavy (non-hydrogen) atoms. The van der Waals surface area contributed by atoms with Crippen molar-refractivity contribution in [2.75, 3.05) is 25.9 Å². The van der Waals surface area contributed by atoms with E-state index in [0.717, 1.165) is 18.0 Å². The van der Waals surface area contributed by atoms with Crippen LogP contribution in [0, 0.1) is 5.92 Å². The molecule has 2 aliphatic heterocycles. The van der Waals surface area contributed by atoms with Crippen molar-refractivity contribution in [1.82, 2.24) is 18.8 Å². The summed E-state index contributed by atoms with van der Waals surface area (Å²) in [4.78, 5) is 13.8. The summed E-state index contributed by atoms with van der Waals surface area (Å²) >= 11 is 1.14. The predicted molar refractivity (Wildman–Crippen MR) is 69.3 cm³/mol. The van der Waals surface area contributed by atoms with Crippen LogP contribution in [0.1, 0.15) is 16.9 Å². The third-order valence-corrected chi connectivity index (χ3v) is 5.60. The van der Waals surface area contributed by atoms with Gasteiger partial charge in [0.1, 0.15) is 0 Å². The van der Waals surface area contributed by atoms with E-state index in [-0.39, 0.29) is 17.9 Å². The fraction of sp³-hybridized carbons (Fsp3) is 0.700. The fourth-order valence-corrected chi connectivity index (χ4v) is 4.52. The third kappa shape index (κ3) is 2.26. The molecule has 0 radical (unpaired) electrons. The lowest BCUT2D eigenvalue weighted by atomic mass is 10.1. The molecule has 0 saturated carbocycles. The lowest BCUT2D eigenvalue weighted by Gasteiger charge is -2.22. The Morgan fingerprint density at radius 3 is 2.89 bits per heavy atom. The first-order valence-electron chi connectivity index (χ1n) is 6.00. The molecule has 9 heteroatoms. The van der Waals surface area contributed by atoms with Crippen LogP contribution in [-0.2, 0) is 10.0 Å². The molecular weight excluding hydrogens is 288 g/mol. The Morgan fingerprint density at radius 2 is 2.26 bits per heavy atom. The van der Waals surface area contributed by atoms with Crippen molar-refractivity contribution in [2.24, 2.45) is 5.92 Å². The molecule has 1 aromatic rings. The van der Waals surface area contributed by atoms with Crippen LogP contribution in [-0.4, -0.2) is 65.0 Å². The van der Waals surface area contributed by atoms with Gasteiger partial charge in [-0.3, -0.25) is 4.79 Å². The molecule has 2 atom stereocenters. The van der Waals surface area contributed by atoms with Crippen molar-refractivity contribution < 1.29 is 13.2 Å². The highest BCUT2D eigenvalue weighted by Gasteiger charge is 2.46. The van der Waals surface area contributed by atoms with Gasteiger partial charge in [-0.1, -0.05) is 4.49 Å². The monoisotopic (exact) mass is 302 g/mol. The molecule has 0 spiro atoms. The number of likely N-dealkylation sites (tertiary alicyclic amines) is 1. The predicted octanol–water partition coefficient (Wildman–Crippen LogP) is -0.356. The number of rotatable bonds is 2. The summed E-state index contributed by atoms with van der Waals surface area (Å²) < 4.78 is 28.6. The Kier molecular flexibility index (Phi) is 3.06. The Labute approximate surface area is 115 Å². The minimum absolute atomic E-state index is 0.0782. The Morgan fingerprint density at radius 1 is 1.47 bits per heavy atom. The molecule has 0 N–H and O–H groups in total. The van der Waals surface area contributed by atoms with Gasteiger partial charge in [0, 0.05) is 31.1 Å². The standard InChI is InChI=1S/C10H14N4O3S2/c1-19(16,17)14-3-2-7-4-13(5-9(7)14)10(15)8-6-18-12-11-8/h6-7,9H,2-5H2,1H3/t7-,9+/m1/s1. The highest BCUT2D eigenvalue weighted by molar-refractivity contribution is 7.88. The molecular formula is C10H14N4O3S2. The van der Waals surface area contributed by atoms with Gasteiger partial charge in [-0.25, -0.2) is 8.42 Å².